The van der Waals surface area contributed by atoms with Crippen LogP contribution in [0.2, 0.25) is 0 Å². The van der Waals surface area contributed by atoms with Crippen molar-refractivity contribution in [2.24, 2.45) is 0 Å². The Balaban J connectivity index is 1.97. The standard InChI is InChI=1S/C16H24N2O/c1-12(2)13-6-8-14(9-7-13)16(19)18(3)11-15-5-4-10-17-15/h6-9,12,15,17H,4-5,10-11H2,1-3H3. The Labute approximate surface area is 116 Å². The maximum absolute atomic E-state index is 12.3. The van der Waals surface area contributed by atoms with Crippen LogP contribution in [0.5, 0.6) is 0 Å². The second kappa shape index (κ2) is 6.20. The van der Waals surface area contributed by atoms with Gasteiger partial charge in [-0.15, -0.1) is 0 Å². The minimum absolute atomic E-state index is 0.115. The van der Waals surface area contributed by atoms with Gasteiger partial charge in [-0.1, -0.05) is 26.0 Å². The molecule has 1 unspecified atom stereocenters. The molecule has 0 bridgehead atoms. The summed E-state index contributed by atoms with van der Waals surface area (Å²) >= 11 is 0. The second-order valence-electron chi connectivity index (χ2n) is 5.76. The SMILES string of the molecule is CC(C)c1ccc(C(=O)N(C)CC2CCCN2)cc1. The molecule has 0 aromatic heterocycles. The molecule has 1 atom stereocenters. The Hall–Kier alpha value is -1.35. The van der Waals surface area contributed by atoms with Gasteiger partial charge in [0.15, 0.2) is 0 Å². The van der Waals surface area contributed by atoms with E-state index in [-0.39, 0.29) is 5.91 Å². The van der Waals surface area contributed by atoms with Gasteiger partial charge in [0.05, 0.1) is 0 Å². The highest BCUT2D eigenvalue weighted by molar-refractivity contribution is 5.94. The highest BCUT2D eigenvalue weighted by Gasteiger charge is 2.19. The quantitative estimate of drug-likeness (QED) is 0.902. The first-order chi connectivity index (χ1) is 9.08. The third-order valence-corrected chi connectivity index (χ3v) is 3.83. The number of nitrogens with one attached hydrogen (secondary N) is 1. The molecule has 104 valence electrons. The van der Waals surface area contributed by atoms with Crippen molar-refractivity contribution >= 4 is 5.91 Å². The van der Waals surface area contributed by atoms with Gasteiger partial charge in [-0.25, -0.2) is 0 Å². The Morgan fingerprint density at radius 2 is 2.05 bits per heavy atom. The van der Waals surface area contributed by atoms with E-state index < -0.39 is 0 Å². The third-order valence-electron chi connectivity index (χ3n) is 3.83. The number of hydrogen-bond acceptors (Lipinski definition) is 2. The maximum atomic E-state index is 12.3. The molecule has 3 nitrogen and oxygen atoms in total. The highest BCUT2D eigenvalue weighted by Crippen LogP contribution is 2.16. The molecule has 19 heavy (non-hydrogen) atoms. The predicted octanol–water partition coefficient (Wildman–Crippen LogP) is 2.63. The van der Waals surface area contributed by atoms with E-state index in [1.807, 2.05) is 24.1 Å². The van der Waals surface area contributed by atoms with Crippen LogP contribution < -0.4 is 5.32 Å². The molecule has 0 saturated carbocycles. The van der Waals surface area contributed by atoms with Crippen molar-refractivity contribution in [3.05, 3.63) is 35.4 Å². The number of carbonyl (C=O) groups excluding carboxylic acids is 1. The summed E-state index contributed by atoms with van der Waals surface area (Å²) in [4.78, 5) is 14.1. The number of rotatable bonds is 4. The van der Waals surface area contributed by atoms with Crippen LogP contribution in [0.3, 0.4) is 0 Å². The van der Waals surface area contributed by atoms with Crippen LogP contribution in [0.1, 0.15) is 48.5 Å². The van der Waals surface area contributed by atoms with Gasteiger partial charge in [-0.2, -0.15) is 0 Å². The lowest BCUT2D eigenvalue weighted by Gasteiger charge is -2.21. The van der Waals surface area contributed by atoms with Crippen LogP contribution >= 0.6 is 0 Å². The fraction of sp³-hybridized carbons (Fsp3) is 0.562. The van der Waals surface area contributed by atoms with Gasteiger partial charge in [-0.05, 0) is 43.0 Å². The van der Waals surface area contributed by atoms with E-state index in [2.05, 4.69) is 31.3 Å². The lowest BCUT2D eigenvalue weighted by Crippen LogP contribution is -2.38. The zero-order valence-electron chi connectivity index (χ0n) is 12.1. The molecule has 1 N–H and O–H groups in total. The van der Waals surface area contributed by atoms with Gasteiger partial charge in [0.1, 0.15) is 0 Å². The zero-order chi connectivity index (χ0) is 13.8. The van der Waals surface area contributed by atoms with Crippen LogP contribution in [0, 0.1) is 0 Å². The Morgan fingerprint density at radius 1 is 1.37 bits per heavy atom. The van der Waals surface area contributed by atoms with E-state index >= 15 is 0 Å². The minimum Gasteiger partial charge on any atom is -0.340 e. The molecule has 1 heterocycles. The fourth-order valence-corrected chi connectivity index (χ4v) is 2.56. The smallest absolute Gasteiger partial charge is 0.253 e. The predicted molar refractivity (Wildman–Crippen MR) is 78.5 cm³/mol. The van der Waals surface area contributed by atoms with E-state index in [9.17, 15) is 4.79 Å². The van der Waals surface area contributed by atoms with Crippen molar-refractivity contribution in [3.63, 3.8) is 0 Å². The fourth-order valence-electron chi connectivity index (χ4n) is 2.56. The van der Waals surface area contributed by atoms with Crippen LogP contribution in [0.4, 0.5) is 0 Å². The van der Waals surface area contributed by atoms with E-state index in [1.165, 1.54) is 18.4 Å². The topological polar surface area (TPSA) is 32.3 Å². The van der Waals surface area contributed by atoms with Crippen molar-refractivity contribution in [2.45, 2.75) is 38.6 Å². The monoisotopic (exact) mass is 260 g/mol. The van der Waals surface area contributed by atoms with E-state index in [0.29, 0.717) is 12.0 Å². The first kappa shape index (κ1) is 14.1. The van der Waals surface area contributed by atoms with Gasteiger partial charge in [0.2, 0.25) is 0 Å². The Kier molecular flexibility index (Phi) is 4.59. The summed E-state index contributed by atoms with van der Waals surface area (Å²) in [6.07, 6.45) is 2.39. The molecular formula is C16H24N2O. The van der Waals surface area contributed by atoms with Gasteiger partial charge < -0.3 is 10.2 Å². The van der Waals surface area contributed by atoms with Crippen molar-refractivity contribution in [1.29, 1.82) is 0 Å². The van der Waals surface area contributed by atoms with E-state index in [0.717, 1.165) is 18.7 Å². The van der Waals surface area contributed by atoms with Crippen molar-refractivity contribution in [2.75, 3.05) is 20.1 Å². The number of amides is 1. The van der Waals surface area contributed by atoms with Crippen LogP contribution in [-0.2, 0) is 0 Å². The van der Waals surface area contributed by atoms with Crippen LogP contribution in [0.25, 0.3) is 0 Å². The molecular weight excluding hydrogens is 236 g/mol. The highest BCUT2D eigenvalue weighted by atomic mass is 16.2. The molecule has 1 aromatic carbocycles. The van der Waals surface area contributed by atoms with E-state index in [1.54, 1.807) is 0 Å². The van der Waals surface area contributed by atoms with Crippen LogP contribution in [0.15, 0.2) is 24.3 Å². The van der Waals surface area contributed by atoms with Crippen molar-refractivity contribution < 1.29 is 4.79 Å². The summed E-state index contributed by atoms with van der Waals surface area (Å²) in [7, 11) is 1.89. The minimum atomic E-state index is 0.115. The number of hydrogen-bond donors (Lipinski definition) is 1. The Morgan fingerprint density at radius 3 is 2.58 bits per heavy atom. The normalized spacial score (nSPS) is 18.8. The molecule has 1 amide bonds. The lowest BCUT2D eigenvalue weighted by molar-refractivity contribution is 0.0784. The number of nitrogens with zero attached hydrogens (tertiary/aromatic N) is 1. The second-order valence-corrected chi connectivity index (χ2v) is 5.76. The average molecular weight is 260 g/mol. The first-order valence-corrected chi connectivity index (χ1v) is 7.16. The van der Waals surface area contributed by atoms with Crippen molar-refractivity contribution in [3.8, 4) is 0 Å². The van der Waals surface area contributed by atoms with Crippen molar-refractivity contribution in [1.82, 2.24) is 10.2 Å². The maximum Gasteiger partial charge on any atom is 0.253 e. The molecule has 1 aliphatic heterocycles. The summed E-state index contributed by atoms with van der Waals surface area (Å²) in [5.41, 5.74) is 2.06. The molecule has 0 aliphatic carbocycles. The summed E-state index contributed by atoms with van der Waals surface area (Å²) in [6.45, 7) is 6.20. The third kappa shape index (κ3) is 3.57. The molecule has 1 aliphatic rings. The number of benzene rings is 1. The summed E-state index contributed by atoms with van der Waals surface area (Å²) in [5.74, 6) is 0.619. The molecule has 2 rings (SSSR count). The number of carbonyl (C=O) groups is 1. The molecule has 1 fully saturated rings. The lowest BCUT2D eigenvalue weighted by atomic mass is 10.0. The first-order valence-electron chi connectivity index (χ1n) is 7.16. The molecule has 1 aromatic rings. The number of likely N-dealkylation sites (N-methyl/N-ethyl adjacent to an activating group) is 1. The average Bonchev–Trinajstić information content (AvgIpc) is 2.90. The molecule has 0 radical (unpaired) electrons. The van der Waals surface area contributed by atoms with Gasteiger partial charge >= 0.3 is 0 Å². The summed E-state index contributed by atoms with van der Waals surface area (Å²) in [5, 5.41) is 3.42. The van der Waals surface area contributed by atoms with Crippen LogP contribution in [-0.4, -0.2) is 37.0 Å². The molecule has 1 saturated heterocycles. The van der Waals surface area contributed by atoms with E-state index in [4.69, 9.17) is 0 Å². The summed E-state index contributed by atoms with van der Waals surface area (Å²) in [6, 6.07) is 8.45. The summed E-state index contributed by atoms with van der Waals surface area (Å²) < 4.78 is 0. The molecule has 0 spiro atoms. The largest absolute Gasteiger partial charge is 0.340 e. The Bertz CT molecular complexity index is 419. The van der Waals surface area contributed by atoms with Gasteiger partial charge in [-0.3, -0.25) is 4.79 Å². The van der Waals surface area contributed by atoms with Gasteiger partial charge in [0, 0.05) is 25.2 Å². The zero-order valence-corrected chi connectivity index (χ0v) is 12.1. The molecule has 3 heteroatoms. The van der Waals surface area contributed by atoms with Gasteiger partial charge in [0.25, 0.3) is 5.91 Å².